The highest BCUT2D eigenvalue weighted by Crippen LogP contribution is 2.69. The standard InChI is InChI=1S/C27H46O4/c1-16(2)7-6-8-17(3)19-9-10-20-22-24(30)23(29)21-15-18(28)11-12-26(21,5)27(22,31)14-13-25(19,20)4/h16-22,24,28,30-31H,6-15H2,1-5H3. The summed E-state index contributed by atoms with van der Waals surface area (Å²) in [4.78, 5) is 13.3. The molecule has 0 aromatic carbocycles. The van der Waals surface area contributed by atoms with Crippen molar-refractivity contribution in [3.63, 3.8) is 0 Å². The molecule has 4 heteroatoms. The van der Waals surface area contributed by atoms with Crippen LogP contribution in [0.25, 0.3) is 0 Å². The number of Topliss-reactive ketones (excluding diaryl/α,β-unsaturated/α-hetero) is 1. The quantitative estimate of drug-likeness (QED) is 0.584. The van der Waals surface area contributed by atoms with Crippen molar-refractivity contribution >= 4 is 5.78 Å². The molecule has 0 aliphatic heterocycles. The number of aliphatic hydroxyl groups excluding tert-OH is 2. The van der Waals surface area contributed by atoms with E-state index >= 15 is 0 Å². The Bertz CT molecular complexity index is 691. The van der Waals surface area contributed by atoms with E-state index in [1.807, 2.05) is 0 Å². The highest BCUT2D eigenvalue weighted by molar-refractivity contribution is 5.88. The van der Waals surface area contributed by atoms with Gasteiger partial charge in [0.05, 0.1) is 11.7 Å². The fraction of sp³-hybridized carbons (Fsp3) is 0.963. The number of hydrogen-bond acceptors (Lipinski definition) is 4. The van der Waals surface area contributed by atoms with Crippen LogP contribution in [0.5, 0.6) is 0 Å². The summed E-state index contributed by atoms with van der Waals surface area (Å²) in [6, 6.07) is 0. The molecule has 0 spiro atoms. The van der Waals surface area contributed by atoms with E-state index in [0.29, 0.717) is 37.5 Å². The average molecular weight is 435 g/mol. The zero-order valence-electron chi connectivity index (χ0n) is 20.4. The number of carbonyl (C=O) groups is 1. The Hall–Kier alpha value is -0.450. The smallest absolute Gasteiger partial charge is 0.165 e. The van der Waals surface area contributed by atoms with Gasteiger partial charge >= 0.3 is 0 Å². The molecule has 0 aromatic rings. The summed E-state index contributed by atoms with van der Waals surface area (Å²) in [5.41, 5.74) is -1.45. The van der Waals surface area contributed by atoms with E-state index in [9.17, 15) is 20.1 Å². The van der Waals surface area contributed by atoms with Gasteiger partial charge in [-0.15, -0.1) is 0 Å². The lowest BCUT2D eigenvalue weighted by atomic mass is 9.41. The van der Waals surface area contributed by atoms with Crippen molar-refractivity contribution in [2.45, 2.75) is 117 Å². The van der Waals surface area contributed by atoms with Gasteiger partial charge in [-0.2, -0.15) is 0 Å². The molecule has 4 nitrogen and oxygen atoms in total. The SMILES string of the molecule is CC(C)CCCC(C)C1CCC2C3C(O)C(=O)C4CC(O)CCC4(C)C3(O)CCC12C. The second-order valence-electron chi connectivity index (χ2n) is 12.8. The summed E-state index contributed by atoms with van der Waals surface area (Å²) in [7, 11) is 0. The third-order valence-electron chi connectivity index (χ3n) is 10.9. The summed E-state index contributed by atoms with van der Waals surface area (Å²) in [6.45, 7) is 11.5. The van der Waals surface area contributed by atoms with Crippen LogP contribution in [0.3, 0.4) is 0 Å². The molecule has 0 bridgehead atoms. The number of hydrogen-bond donors (Lipinski definition) is 3. The van der Waals surface area contributed by atoms with Gasteiger partial charge in [-0.1, -0.05) is 53.9 Å². The summed E-state index contributed by atoms with van der Waals surface area (Å²) >= 11 is 0. The molecule has 10 unspecified atom stereocenters. The first-order valence-electron chi connectivity index (χ1n) is 13.1. The Morgan fingerprint density at radius 1 is 1.00 bits per heavy atom. The minimum Gasteiger partial charge on any atom is -0.393 e. The van der Waals surface area contributed by atoms with E-state index in [1.165, 1.54) is 19.3 Å². The van der Waals surface area contributed by atoms with Crippen molar-refractivity contribution < 1.29 is 20.1 Å². The van der Waals surface area contributed by atoms with Gasteiger partial charge in [0.1, 0.15) is 6.10 Å². The Morgan fingerprint density at radius 2 is 1.71 bits per heavy atom. The first-order valence-corrected chi connectivity index (χ1v) is 13.1. The molecular formula is C27H46O4. The van der Waals surface area contributed by atoms with Gasteiger partial charge in [0, 0.05) is 17.3 Å². The van der Waals surface area contributed by atoms with E-state index in [1.54, 1.807) is 0 Å². The Balaban J connectivity index is 1.60. The molecule has 0 heterocycles. The molecule has 4 aliphatic rings. The summed E-state index contributed by atoms with van der Waals surface area (Å²) < 4.78 is 0. The minimum atomic E-state index is -1.09. The Kier molecular flexibility index (Phi) is 6.19. The molecule has 0 saturated heterocycles. The zero-order valence-corrected chi connectivity index (χ0v) is 20.4. The molecule has 4 saturated carbocycles. The van der Waals surface area contributed by atoms with E-state index in [2.05, 4.69) is 34.6 Å². The Labute approximate surface area is 189 Å². The van der Waals surface area contributed by atoms with Gasteiger partial charge in [0.2, 0.25) is 0 Å². The molecule has 0 aromatic heterocycles. The monoisotopic (exact) mass is 434 g/mol. The first kappa shape index (κ1) is 23.7. The summed E-state index contributed by atoms with van der Waals surface area (Å²) in [6.07, 6.45) is 7.73. The van der Waals surface area contributed by atoms with Crippen LogP contribution in [0.15, 0.2) is 0 Å². The van der Waals surface area contributed by atoms with Crippen molar-refractivity contribution in [1.82, 2.24) is 0 Å². The predicted molar refractivity (Wildman–Crippen MR) is 122 cm³/mol. The van der Waals surface area contributed by atoms with E-state index in [-0.39, 0.29) is 23.0 Å². The lowest BCUT2D eigenvalue weighted by molar-refractivity contribution is -0.257. The van der Waals surface area contributed by atoms with Crippen LogP contribution in [0.4, 0.5) is 0 Å². The van der Waals surface area contributed by atoms with Crippen LogP contribution >= 0.6 is 0 Å². The van der Waals surface area contributed by atoms with Crippen LogP contribution in [0.2, 0.25) is 0 Å². The molecule has 0 amide bonds. The Morgan fingerprint density at radius 3 is 2.39 bits per heavy atom. The maximum absolute atomic E-state index is 13.3. The summed E-state index contributed by atoms with van der Waals surface area (Å²) in [5, 5.41) is 33.7. The normalized spacial score (nSPS) is 50.7. The molecule has 4 aliphatic carbocycles. The third-order valence-corrected chi connectivity index (χ3v) is 10.9. The zero-order chi connectivity index (χ0) is 22.8. The largest absolute Gasteiger partial charge is 0.393 e. The fourth-order valence-electron chi connectivity index (χ4n) is 8.97. The maximum Gasteiger partial charge on any atom is 0.165 e. The van der Waals surface area contributed by atoms with Crippen molar-refractivity contribution in [1.29, 1.82) is 0 Å². The van der Waals surface area contributed by atoms with Crippen LogP contribution < -0.4 is 0 Å². The molecule has 3 N–H and O–H groups in total. The minimum absolute atomic E-state index is 0.0901. The highest BCUT2D eigenvalue weighted by atomic mass is 16.3. The van der Waals surface area contributed by atoms with Gasteiger partial charge < -0.3 is 15.3 Å². The molecule has 10 atom stereocenters. The lowest BCUT2D eigenvalue weighted by Gasteiger charge is -2.65. The number of fused-ring (bicyclic) bond motifs is 5. The van der Waals surface area contributed by atoms with Gasteiger partial charge in [-0.3, -0.25) is 4.79 Å². The van der Waals surface area contributed by atoms with Crippen molar-refractivity contribution in [2.24, 2.45) is 46.3 Å². The van der Waals surface area contributed by atoms with Gasteiger partial charge in [0.15, 0.2) is 5.78 Å². The number of rotatable bonds is 5. The van der Waals surface area contributed by atoms with E-state index in [0.717, 1.165) is 25.2 Å². The van der Waals surface area contributed by atoms with Crippen molar-refractivity contribution in [2.75, 3.05) is 0 Å². The molecule has 0 radical (unpaired) electrons. The number of carbonyl (C=O) groups excluding carboxylic acids is 1. The highest BCUT2D eigenvalue weighted by Gasteiger charge is 2.71. The first-order chi connectivity index (χ1) is 14.5. The number of ketones is 1. The summed E-state index contributed by atoms with van der Waals surface area (Å²) in [5.74, 6) is 1.29. The number of aliphatic hydroxyl groups is 3. The van der Waals surface area contributed by atoms with E-state index < -0.39 is 29.1 Å². The predicted octanol–water partition coefficient (Wildman–Crippen LogP) is 4.73. The van der Waals surface area contributed by atoms with Gasteiger partial charge in [0.25, 0.3) is 0 Å². The van der Waals surface area contributed by atoms with Gasteiger partial charge in [-0.05, 0) is 74.0 Å². The second kappa shape index (κ2) is 8.09. The maximum atomic E-state index is 13.3. The van der Waals surface area contributed by atoms with Crippen LogP contribution in [0, 0.1) is 46.3 Å². The lowest BCUT2D eigenvalue weighted by Crippen LogP contribution is -2.72. The molecule has 31 heavy (non-hydrogen) atoms. The van der Waals surface area contributed by atoms with Crippen LogP contribution in [-0.2, 0) is 4.79 Å². The second-order valence-corrected chi connectivity index (χ2v) is 12.8. The fourth-order valence-corrected chi connectivity index (χ4v) is 8.97. The average Bonchev–Trinajstić information content (AvgIpc) is 3.05. The molecule has 178 valence electrons. The molecule has 4 rings (SSSR count). The molecule has 4 fully saturated rings. The van der Waals surface area contributed by atoms with Crippen LogP contribution in [0.1, 0.15) is 98.8 Å². The van der Waals surface area contributed by atoms with Crippen molar-refractivity contribution in [3.05, 3.63) is 0 Å². The van der Waals surface area contributed by atoms with E-state index in [4.69, 9.17) is 0 Å². The van der Waals surface area contributed by atoms with Crippen molar-refractivity contribution in [3.8, 4) is 0 Å². The molecular weight excluding hydrogens is 388 g/mol. The topological polar surface area (TPSA) is 77.8 Å². The van der Waals surface area contributed by atoms with Crippen LogP contribution in [-0.4, -0.2) is 38.9 Å². The third kappa shape index (κ3) is 3.46. The van der Waals surface area contributed by atoms with Gasteiger partial charge in [-0.25, -0.2) is 0 Å².